The van der Waals surface area contributed by atoms with E-state index in [-0.39, 0.29) is 5.91 Å². The molecular formula is C11H11BrClNO. The molecule has 1 aromatic rings. The number of halogens is 2. The quantitative estimate of drug-likeness (QED) is 0.909. The summed E-state index contributed by atoms with van der Waals surface area (Å²) in [6.07, 6.45) is 3.79. The first-order valence-electron chi connectivity index (χ1n) is 4.45. The highest BCUT2D eigenvalue weighted by atomic mass is 79.9. The zero-order valence-electron chi connectivity index (χ0n) is 8.26. The molecule has 0 spiro atoms. The Morgan fingerprint density at radius 3 is 2.93 bits per heavy atom. The first kappa shape index (κ1) is 12.3. The van der Waals surface area contributed by atoms with Gasteiger partial charge >= 0.3 is 0 Å². The van der Waals surface area contributed by atoms with Gasteiger partial charge in [0.25, 0.3) is 0 Å². The van der Waals surface area contributed by atoms with Crippen molar-refractivity contribution in [3.05, 3.63) is 39.3 Å². The van der Waals surface area contributed by atoms with Gasteiger partial charge in [-0.1, -0.05) is 29.8 Å². The maximum atomic E-state index is 10.6. The largest absolute Gasteiger partial charge is 0.353 e. The molecule has 0 aromatic heterocycles. The van der Waals surface area contributed by atoms with Crippen molar-refractivity contribution in [2.45, 2.75) is 6.92 Å². The van der Waals surface area contributed by atoms with Crippen molar-refractivity contribution >= 4 is 39.5 Å². The fraction of sp³-hybridized carbons (Fsp3) is 0.182. The highest BCUT2D eigenvalue weighted by molar-refractivity contribution is 9.10. The van der Waals surface area contributed by atoms with Crippen LogP contribution in [0.4, 0.5) is 0 Å². The second-order valence-electron chi connectivity index (χ2n) is 3.01. The molecule has 0 radical (unpaired) electrons. The SMILES string of the molecule is CC(=O)NCC=Cc1ccc(Br)c(Cl)c1. The number of nitrogens with one attached hydrogen (secondary N) is 1. The molecule has 0 fully saturated rings. The summed E-state index contributed by atoms with van der Waals surface area (Å²) in [6, 6.07) is 5.69. The molecular weight excluding hydrogens is 277 g/mol. The first-order valence-corrected chi connectivity index (χ1v) is 5.62. The third-order valence-corrected chi connectivity index (χ3v) is 2.96. The molecule has 0 saturated carbocycles. The molecule has 0 aliphatic carbocycles. The van der Waals surface area contributed by atoms with Gasteiger partial charge in [0.05, 0.1) is 5.02 Å². The molecule has 0 aliphatic heterocycles. The van der Waals surface area contributed by atoms with Gasteiger partial charge in [-0.2, -0.15) is 0 Å². The van der Waals surface area contributed by atoms with E-state index in [0.717, 1.165) is 10.0 Å². The Kier molecular flexibility index (Phi) is 4.85. The molecule has 80 valence electrons. The summed E-state index contributed by atoms with van der Waals surface area (Å²) in [6.45, 7) is 2.02. The molecule has 1 aromatic carbocycles. The zero-order chi connectivity index (χ0) is 11.3. The van der Waals surface area contributed by atoms with E-state index in [1.54, 1.807) is 0 Å². The second kappa shape index (κ2) is 5.93. The summed E-state index contributed by atoms with van der Waals surface area (Å²) >= 11 is 9.24. The summed E-state index contributed by atoms with van der Waals surface area (Å²) in [7, 11) is 0. The van der Waals surface area contributed by atoms with Gasteiger partial charge in [-0.25, -0.2) is 0 Å². The van der Waals surface area contributed by atoms with Gasteiger partial charge < -0.3 is 5.32 Å². The average Bonchev–Trinajstić information content (AvgIpc) is 2.18. The molecule has 1 amide bonds. The van der Waals surface area contributed by atoms with Crippen LogP contribution in [0.1, 0.15) is 12.5 Å². The van der Waals surface area contributed by atoms with Crippen LogP contribution in [-0.4, -0.2) is 12.5 Å². The summed E-state index contributed by atoms with van der Waals surface area (Å²) < 4.78 is 0.878. The Hall–Kier alpha value is -0.800. The van der Waals surface area contributed by atoms with Crippen molar-refractivity contribution in [2.24, 2.45) is 0 Å². The fourth-order valence-electron chi connectivity index (χ4n) is 1.01. The third kappa shape index (κ3) is 4.49. The van der Waals surface area contributed by atoms with Crippen molar-refractivity contribution < 1.29 is 4.79 Å². The molecule has 0 bridgehead atoms. The van der Waals surface area contributed by atoms with Crippen LogP contribution in [0.25, 0.3) is 6.08 Å². The van der Waals surface area contributed by atoms with Gasteiger partial charge in [0, 0.05) is 17.9 Å². The van der Waals surface area contributed by atoms with Gasteiger partial charge in [0.2, 0.25) is 5.91 Å². The fourth-order valence-corrected chi connectivity index (χ4v) is 1.45. The molecule has 0 atom stereocenters. The van der Waals surface area contributed by atoms with Crippen LogP contribution in [0.3, 0.4) is 0 Å². The molecule has 0 aliphatic rings. The van der Waals surface area contributed by atoms with Crippen molar-refractivity contribution in [1.29, 1.82) is 0 Å². The predicted molar refractivity (Wildman–Crippen MR) is 66.9 cm³/mol. The lowest BCUT2D eigenvalue weighted by atomic mass is 10.2. The van der Waals surface area contributed by atoms with Gasteiger partial charge in [0.15, 0.2) is 0 Å². The Labute approximate surface area is 102 Å². The van der Waals surface area contributed by atoms with Gasteiger partial charge in [-0.15, -0.1) is 0 Å². The van der Waals surface area contributed by atoms with Crippen LogP contribution in [-0.2, 0) is 4.79 Å². The summed E-state index contributed by atoms with van der Waals surface area (Å²) in [4.78, 5) is 10.6. The number of rotatable bonds is 3. The maximum Gasteiger partial charge on any atom is 0.217 e. The summed E-state index contributed by atoms with van der Waals surface area (Å²) in [5.41, 5.74) is 1.01. The number of hydrogen-bond donors (Lipinski definition) is 1. The zero-order valence-corrected chi connectivity index (χ0v) is 10.6. The van der Waals surface area contributed by atoms with Crippen LogP contribution < -0.4 is 5.32 Å². The van der Waals surface area contributed by atoms with Crippen LogP contribution >= 0.6 is 27.5 Å². The number of amides is 1. The summed E-state index contributed by atoms with van der Waals surface area (Å²) in [5.74, 6) is -0.0338. The van der Waals surface area contributed by atoms with Crippen LogP contribution in [0, 0.1) is 0 Å². The molecule has 1 N–H and O–H groups in total. The van der Waals surface area contributed by atoms with E-state index in [1.807, 2.05) is 30.4 Å². The van der Waals surface area contributed by atoms with Crippen LogP contribution in [0.5, 0.6) is 0 Å². The normalized spacial score (nSPS) is 10.6. The minimum absolute atomic E-state index is 0.0338. The topological polar surface area (TPSA) is 29.1 Å². The molecule has 0 saturated heterocycles. The number of carbonyl (C=O) groups is 1. The van der Waals surface area contributed by atoms with Crippen molar-refractivity contribution in [3.63, 3.8) is 0 Å². The van der Waals surface area contributed by atoms with Crippen molar-refractivity contribution in [1.82, 2.24) is 5.32 Å². The molecule has 15 heavy (non-hydrogen) atoms. The molecule has 0 unspecified atom stereocenters. The van der Waals surface area contributed by atoms with E-state index < -0.39 is 0 Å². The Balaban J connectivity index is 2.57. The third-order valence-electron chi connectivity index (χ3n) is 1.72. The monoisotopic (exact) mass is 287 g/mol. The standard InChI is InChI=1S/C11H11BrClNO/c1-8(15)14-6-2-3-9-4-5-10(12)11(13)7-9/h2-5,7H,6H2,1H3,(H,14,15). The predicted octanol–water partition coefficient (Wildman–Crippen LogP) is 3.25. The lowest BCUT2D eigenvalue weighted by Gasteiger charge is -1.98. The Bertz CT molecular complexity index is 390. The average molecular weight is 289 g/mol. The van der Waals surface area contributed by atoms with E-state index >= 15 is 0 Å². The number of hydrogen-bond acceptors (Lipinski definition) is 1. The highest BCUT2D eigenvalue weighted by Gasteiger charge is 1.95. The van der Waals surface area contributed by atoms with Gasteiger partial charge in [-0.05, 0) is 33.6 Å². The Morgan fingerprint density at radius 2 is 2.33 bits per heavy atom. The molecule has 2 nitrogen and oxygen atoms in total. The minimum atomic E-state index is -0.0338. The lowest BCUT2D eigenvalue weighted by molar-refractivity contribution is -0.118. The first-order chi connectivity index (χ1) is 7.09. The van der Waals surface area contributed by atoms with Crippen LogP contribution in [0.15, 0.2) is 28.7 Å². The molecule has 4 heteroatoms. The van der Waals surface area contributed by atoms with E-state index in [0.29, 0.717) is 11.6 Å². The van der Waals surface area contributed by atoms with Crippen LogP contribution in [0.2, 0.25) is 5.02 Å². The van der Waals surface area contributed by atoms with E-state index in [2.05, 4.69) is 21.2 Å². The smallest absolute Gasteiger partial charge is 0.217 e. The van der Waals surface area contributed by atoms with Crippen molar-refractivity contribution in [2.75, 3.05) is 6.54 Å². The summed E-state index contributed by atoms with van der Waals surface area (Å²) in [5, 5.41) is 3.35. The molecule has 1 rings (SSSR count). The Morgan fingerprint density at radius 1 is 1.60 bits per heavy atom. The van der Waals surface area contributed by atoms with Gasteiger partial charge in [-0.3, -0.25) is 4.79 Å². The maximum absolute atomic E-state index is 10.6. The van der Waals surface area contributed by atoms with Crippen molar-refractivity contribution in [3.8, 4) is 0 Å². The lowest BCUT2D eigenvalue weighted by Crippen LogP contribution is -2.19. The minimum Gasteiger partial charge on any atom is -0.353 e. The van der Waals surface area contributed by atoms with E-state index in [9.17, 15) is 4.79 Å². The highest BCUT2D eigenvalue weighted by Crippen LogP contribution is 2.23. The van der Waals surface area contributed by atoms with E-state index in [1.165, 1.54) is 6.92 Å². The van der Waals surface area contributed by atoms with E-state index in [4.69, 9.17) is 11.6 Å². The second-order valence-corrected chi connectivity index (χ2v) is 4.27. The number of benzene rings is 1. The van der Waals surface area contributed by atoms with Gasteiger partial charge in [0.1, 0.15) is 0 Å². The number of carbonyl (C=O) groups excluding carboxylic acids is 1. The molecule has 0 heterocycles.